The van der Waals surface area contributed by atoms with Gasteiger partial charge < -0.3 is 10.6 Å². The highest BCUT2D eigenvalue weighted by atomic mass is 16.2. The predicted octanol–water partition coefficient (Wildman–Crippen LogP) is 2.02. The normalized spacial score (nSPS) is 23.6. The highest BCUT2D eigenvalue weighted by Crippen LogP contribution is 2.33. The Kier molecular flexibility index (Phi) is 3.79. The van der Waals surface area contributed by atoms with E-state index in [1.54, 1.807) is 4.90 Å². The van der Waals surface area contributed by atoms with Crippen molar-refractivity contribution in [3.8, 4) is 0 Å². The summed E-state index contributed by atoms with van der Waals surface area (Å²) in [6.45, 7) is 0.624. The summed E-state index contributed by atoms with van der Waals surface area (Å²) in [6, 6.07) is 9.79. The number of hydrogen-bond acceptors (Lipinski definition) is 2. The van der Waals surface area contributed by atoms with E-state index in [0.717, 1.165) is 24.9 Å². The van der Waals surface area contributed by atoms with Gasteiger partial charge in [0.1, 0.15) is 0 Å². The van der Waals surface area contributed by atoms with Crippen molar-refractivity contribution in [1.29, 1.82) is 0 Å². The Bertz CT molecular complexity index is 377. The summed E-state index contributed by atoms with van der Waals surface area (Å²) in [5.41, 5.74) is 6.69. The van der Waals surface area contributed by atoms with Gasteiger partial charge in [-0.2, -0.15) is 0 Å². The molecule has 2 rings (SSSR count). The van der Waals surface area contributed by atoms with E-state index in [-0.39, 0.29) is 11.8 Å². The first-order valence-electron chi connectivity index (χ1n) is 6.26. The number of anilines is 1. The molecule has 1 fully saturated rings. The standard InChI is InChI=1S/C14H20N2O/c1-16(12-7-3-2-4-8-12)14(17)13-9-5-6-11(13)10-15/h2-4,7-8,11,13H,5-6,9-10,15H2,1H3/t11-,13-/m1/s1. The lowest BCUT2D eigenvalue weighted by molar-refractivity contribution is -0.123. The molecule has 1 aromatic carbocycles. The molecule has 1 aliphatic rings. The molecular formula is C14H20N2O. The Hall–Kier alpha value is -1.35. The first kappa shape index (κ1) is 12.1. The maximum atomic E-state index is 12.4. The third-order valence-electron chi connectivity index (χ3n) is 3.75. The molecule has 1 saturated carbocycles. The van der Waals surface area contributed by atoms with Crippen molar-refractivity contribution in [1.82, 2.24) is 0 Å². The first-order valence-corrected chi connectivity index (χ1v) is 6.26. The minimum Gasteiger partial charge on any atom is -0.330 e. The number of rotatable bonds is 3. The molecule has 0 aromatic heterocycles. The van der Waals surface area contributed by atoms with Gasteiger partial charge in [-0.3, -0.25) is 4.79 Å². The van der Waals surface area contributed by atoms with Gasteiger partial charge in [0.05, 0.1) is 0 Å². The minimum absolute atomic E-state index is 0.116. The molecule has 0 saturated heterocycles. The van der Waals surface area contributed by atoms with Crippen LogP contribution in [0.15, 0.2) is 30.3 Å². The zero-order chi connectivity index (χ0) is 12.3. The molecule has 0 spiro atoms. The van der Waals surface area contributed by atoms with E-state index < -0.39 is 0 Å². The number of para-hydroxylation sites is 1. The molecular weight excluding hydrogens is 212 g/mol. The van der Waals surface area contributed by atoms with Gasteiger partial charge in [-0.1, -0.05) is 24.6 Å². The van der Waals surface area contributed by atoms with Crippen molar-refractivity contribution in [2.24, 2.45) is 17.6 Å². The highest BCUT2D eigenvalue weighted by Gasteiger charge is 2.33. The lowest BCUT2D eigenvalue weighted by atomic mass is 9.95. The van der Waals surface area contributed by atoms with Crippen molar-refractivity contribution in [2.75, 3.05) is 18.5 Å². The van der Waals surface area contributed by atoms with Crippen LogP contribution >= 0.6 is 0 Å². The van der Waals surface area contributed by atoms with Crippen molar-refractivity contribution in [2.45, 2.75) is 19.3 Å². The molecule has 0 unspecified atom stereocenters. The second-order valence-corrected chi connectivity index (χ2v) is 4.77. The van der Waals surface area contributed by atoms with E-state index in [1.165, 1.54) is 0 Å². The molecule has 0 heterocycles. The van der Waals surface area contributed by atoms with Crippen LogP contribution in [0.4, 0.5) is 5.69 Å². The SMILES string of the molecule is CN(C(=O)[C@@H]1CCC[C@@H]1CN)c1ccccc1. The van der Waals surface area contributed by atoms with Crippen LogP contribution in [0.5, 0.6) is 0 Å². The zero-order valence-corrected chi connectivity index (χ0v) is 10.3. The van der Waals surface area contributed by atoms with Crippen molar-refractivity contribution < 1.29 is 4.79 Å². The fraction of sp³-hybridized carbons (Fsp3) is 0.500. The average molecular weight is 232 g/mol. The minimum atomic E-state index is 0.116. The molecule has 3 heteroatoms. The molecule has 2 atom stereocenters. The Balaban J connectivity index is 2.10. The van der Waals surface area contributed by atoms with Gasteiger partial charge >= 0.3 is 0 Å². The van der Waals surface area contributed by atoms with Crippen molar-refractivity contribution >= 4 is 11.6 Å². The predicted molar refractivity (Wildman–Crippen MR) is 69.7 cm³/mol. The van der Waals surface area contributed by atoms with Gasteiger partial charge in [-0.15, -0.1) is 0 Å². The number of carbonyl (C=O) groups excluding carboxylic acids is 1. The van der Waals surface area contributed by atoms with Crippen LogP contribution in [0, 0.1) is 11.8 Å². The van der Waals surface area contributed by atoms with E-state index in [2.05, 4.69) is 0 Å². The molecule has 0 bridgehead atoms. The first-order chi connectivity index (χ1) is 8.24. The van der Waals surface area contributed by atoms with Gasteiger partial charge in [0.15, 0.2) is 0 Å². The highest BCUT2D eigenvalue weighted by molar-refractivity contribution is 5.94. The molecule has 3 nitrogen and oxygen atoms in total. The van der Waals surface area contributed by atoms with Crippen LogP contribution in [0.3, 0.4) is 0 Å². The third-order valence-corrected chi connectivity index (χ3v) is 3.75. The quantitative estimate of drug-likeness (QED) is 0.866. The maximum absolute atomic E-state index is 12.4. The van der Waals surface area contributed by atoms with Gasteiger partial charge in [0.25, 0.3) is 0 Å². The lowest BCUT2D eigenvalue weighted by Gasteiger charge is -2.24. The summed E-state index contributed by atoms with van der Waals surface area (Å²) in [7, 11) is 1.85. The summed E-state index contributed by atoms with van der Waals surface area (Å²) in [6.07, 6.45) is 3.20. The summed E-state index contributed by atoms with van der Waals surface area (Å²) in [5, 5.41) is 0. The summed E-state index contributed by atoms with van der Waals surface area (Å²) in [5.74, 6) is 0.697. The van der Waals surface area contributed by atoms with Gasteiger partial charge in [0.2, 0.25) is 5.91 Å². The smallest absolute Gasteiger partial charge is 0.230 e. The zero-order valence-electron chi connectivity index (χ0n) is 10.3. The molecule has 92 valence electrons. The Morgan fingerprint density at radius 3 is 2.71 bits per heavy atom. The fourth-order valence-corrected chi connectivity index (χ4v) is 2.67. The summed E-state index contributed by atoms with van der Waals surface area (Å²) in [4.78, 5) is 14.1. The lowest BCUT2D eigenvalue weighted by Crippen LogP contribution is -2.36. The largest absolute Gasteiger partial charge is 0.330 e. The third kappa shape index (κ3) is 2.50. The molecule has 0 radical (unpaired) electrons. The molecule has 1 aliphatic carbocycles. The number of hydrogen-bond donors (Lipinski definition) is 1. The van der Waals surface area contributed by atoms with Gasteiger partial charge in [0, 0.05) is 18.7 Å². The van der Waals surface area contributed by atoms with Crippen LogP contribution in [0.25, 0.3) is 0 Å². The van der Waals surface area contributed by atoms with Crippen LogP contribution in [0.1, 0.15) is 19.3 Å². The van der Waals surface area contributed by atoms with Crippen molar-refractivity contribution in [3.63, 3.8) is 0 Å². The molecule has 1 aromatic rings. The Morgan fingerprint density at radius 1 is 1.35 bits per heavy atom. The van der Waals surface area contributed by atoms with Crippen LogP contribution in [-0.2, 0) is 4.79 Å². The molecule has 1 amide bonds. The monoisotopic (exact) mass is 232 g/mol. The fourth-order valence-electron chi connectivity index (χ4n) is 2.67. The Morgan fingerprint density at radius 2 is 2.06 bits per heavy atom. The summed E-state index contributed by atoms with van der Waals surface area (Å²) < 4.78 is 0. The van der Waals surface area contributed by atoms with E-state index in [0.29, 0.717) is 12.5 Å². The van der Waals surface area contributed by atoms with E-state index >= 15 is 0 Å². The van der Waals surface area contributed by atoms with Crippen LogP contribution in [0.2, 0.25) is 0 Å². The molecule has 0 aliphatic heterocycles. The number of nitrogens with zero attached hydrogens (tertiary/aromatic N) is 1. The number of nitrogens with two attached hydrogens (primary N) is 1. The van der Waals surface area contributed by atoms with Gasteiger partial charge in [-0.25, -0.2) is 0 Å². The van der Waals surface area contributed by atoms with Crippen LogP contribution in [-0.4, -0.2) is 19.5 Å². The van der Waals surface area contributed by atoms with Crippen molar-refractivity contribution in [3.05, 3.63) is 30.3 Å². The summed E-state index contributed by atoms with van der Waals surface area (Å²) >= 11 is 0. The molecule has 2 N–H and O–H groups in total. The van der Waals surface area contributed by atoms with Crippen LogP contribution < -0.4 is 10.6 Å². The second kappa shape index (κ2) is 5.32. The number of amides is 1. The maximum Gasteiger partial charge on any atom is 0.230 e. The van der Waals surface area contributed by atoms with E-state index in [9.17, 15) is 4.79 Å². The van der Waals surface area contributed by atoms with Gasteiger partial charge in [-0.05, 0) is 37.4 Å². The number of benzene rings is 1. The molecule has 17 heavy (non-hydrogen) atoms. The average Bonchev–Trinajstić information content (AvgIpc) is 2.86. The number of carbonyl (C=O) groups is 1. The Labute approximate surface area is 103 Å². The van der Waals surface area contributed by atoms with E-state index in [1.807, 2.05) is 37.4 Å². The van der Waals surface area contributed by atoms with E-state index in [4.69, 9.17) is 5.73 Å². The second-order valence-electron chi connectivity index (χ2n) is 4.77. The topological polar surface area (TPSA) is 46.3 Å².